The minimum Gasteiger partial charge on any atom is -0.466 e. The minimum atomic E-state index is -0.686. The molecule has 0 fully saturated rings. The van der Waals surface area contributed by atoms with Gasteiger partial charge in [-0.15, -0.1) is 0 Å². The molecule has 0 aliphatic carbocycles. The van der Waals surface area contributed by atoms with Crippen LogP contribution in [0.1, 0.15) is 290 Å². The standard InChI is InChI=1S/C55H105NO5/c1-3-5-7-9-11-13-15-17-19-21-22-24-26-28-33-37-41-45-49-55(60)61-50-46-42-38-34-30-29-32-36-40-44-48-54(59)56-52(51-57)53(58)47-43-39-35-31-27-25-23-20-18-16-14-12-10-8-6-4-2/h19,21,30,34,52-53,57-58H,3-18,20,22-29,31-33,35-51H2,1-2H3,(H,56,59)/b21-19-,34-30-. The Balaban J connectivity index is 3.51. The SMILES string of the molecule is CCCCCCCCC/C=C\CCCCCCCCCC(=O)OCCCC/C=C\CCCCCCC(=O)NC(CO)C(O)CCCCCCCCCCCCCCCCCC. The van der Waals surface area contributed by atoms with E-state index < -0.39 is 12.1 Å². The fourth-order valence-corrected chi connectivity index (χ4v) is 8.28. The average molecular weight is 860 g/mol. The molecule has 0 aliphatic rings. The molecule has 0 saturated carbocycles. The van der Waals surface area contributed by atoms with Gasteiger partial charge in [-0.25, -0.2) is 0 Å². The zero-order valence-corrected chi connectivity index (χ0v) is 40.9. The third kappa shape index (κ3) is 47.7. The minimum absolute atomic E-state index is 0.0390. The highest BCUT2D eigenvalue weighted by Crippen LogP contribution is 2.16. The molecule has 0 spiro atoms. The van der Waals surface area contributed by atoms with E-state index in [-0.39, 0.29) is 18.5 Å². The van der Waals surface area contributed by atoms with Crippen molar-refractivity contribution in [1.82, 2.24) is 5.32 Å². The molecule has 2 unspecified atom stereocenters. The summed E-state index contributed by atoms with van der Waals surface area (Å²) in [5.74, 6) is -0.109. The van der Waals surface area contributed by atoms with Gasteiger partial charge in [0.15, 0.2) is 0 Å². The lowest BCUT2D eigenvalue weighted by atomic mass is 10.0. The Morgan fingerprint density at radius 1 is 0.443 bits per heavy atom. The molecule has 6 heteroatoms. The number of unbranched alkanes of at least 4 members (excludes halogenated alkanes) is 35. The first-order chi connectivity index (χ1) is 30.0. The lowest BCUT2D eigenvalue weighted by molar-refractivity contribution is -0.143. The van der Waals surface area contributed by atoms with Gasteiger partial charge in [-0.2, -0.15) is 0 Å². The van der Waals surface area contributed by atoms with Gasteiger partial charge in [-0.1, -0.05) is 224 Å². The van der Waals surface area contributed by atoms with E-state index in [0.29, 0.717) is 25.9 Å². The van der Waals surface area contributed by atoms with Crippen LogP contribution in [0.4, 0.5) is 0 Å². The number of aliphatic hydroxyl groups is 2. The smallest absolute Gasteiger partial charge is 0.305 e. The van der Waals surface area contributed by atoms with Crippen LogP contribution in [0.25, 0.3) is 0 Å². The number of hydrogen-bond donors (Lipinski definition) is 3. The molecule has 0 aliphatic heterocycles. The normalized spacial score (nSPS) is 12.8. The highest BCUT2D eigenvalue weighted by molar-refractivity contribution is 5.76. The van der Waals surface area contributed by atoms with Gasteiger partial charge in [0.05, 0.1) is 25.4 Å². The fraction of sp³-hybridized carbons (Fsp3) is 0.891. The van der Waals surface area contributed by atoms with E-state index in [2.05, 4.69) is 43.5 Å². The van der Waals surface area contributed by atoms with Crippen LogP contribution in [0, 0.1) is 0 Å². The number of amides is 1. The summed E-state index contributed by atoms with van der Waals surface area (Å²) in [4.78, 5) is 24.5. The van der Waals surface area contributed by atoms with Crippen molar-refractivity contribution in [2.24, 2.45) is 0 Å². The summed E-state index contributed by atoms with van der Waals surface area (Å²) in [5, 5.41) is 23.2. The summed E-state index contributed by atoms with van der Waals surface area (Å²) in [5.41, 5.74) is 0. The van der Waals surface area contributed by atoms with E-state index in [4.69, 9.17) is 4.74 Å². The molecule has 61 heavy (non-hydrogen) atoms. The maximum absolute atomic E-state index is 12.5. The van der Waals surface area contributed by atoms with Crippen molar-refractivity contribution in [3.8, 4) is 0 Å². The largest absolute Gasteiger partial charge is 0.466 e. The summed E-state index contributed by atoms with van der Waals surface area (Å²) in [7, 11) is 0. The lowest BCUT2D eigenvalue weighted by Crippen LogP contribution is -2.45. The van der Waals surface area contributed by atoms with Crippen molar-refractivity contribution in [2.45, 2.75) is 302 Å². The molecule has 1 amide bonds. The summed E-state index contributed by atoms with van der Waals surface area (Å²) in [6.07, 6.45) is 60.1. The number of rotatable bonds is 50. The third-order valence-electron chi connectivity index (χ3n) is 12.5. The fourth-order valence-electron chi connectivity index (χ4n) is 8.28. The number of carbonyl (C=O) groups excluding carboxylic acids is 2. The van der Waals surface area contributed by atoms with Crippen molar-refractivity contribution in [2.75, 3.05) is 13.2 Å². The molecular weight excluding hydrogens is 755 g/mol. The number of nitrogens with one attached hydrogen (secondary N) is 1. The third-order valence-corrected chi connectivity index (χ3v) is 12.5. The summed E-state index contributed by atoms with van der Waals surface area (Å²) >= 11 is 0. The number of allylic oxidation sites excluding steroid dienone is 4. The average Bonchev–Trinajstić information content (AvgIpc) is 3.26. The Hall–Kier alpha value is -1.66. The molecule has 0 radical (unpaired) electrons. The van der Waals surface area contributed by atoms with E-state index in [1.165, 1.54) is 180 Å². The molecule has 0 aromatic heterocycles. The zero-order chi connectivity index (χ0) is 44.4. The molecule has 0 aromatic rings. The molecule has 6 nitrogen and oxygen atoms in total. The maximum Gasteiger partial charge on any atom is 0.305 e. The van der Waals surface area contributed by atoms with Crippen LogP contribution in [-0.4, -0.2) is 47.4 Å². The van der Waals surface area contributed by atoms with Gasteiger partial charge in [0.1, 0.15) is 0 Å². The molecule has 0 bridgehead atoms. The molecule has 360 valence electrons. The first-order valence-electron chi connectivity index (χ1n) is 27.1. The zero-order valence-electron chi connectivity index (χ0n) is 40.9. The molecule has 2 atom stereocenters. The number of aliphatic hydroxyl groups excluding tert-OH is 2. The van der Waals surface area contributed by atoms with Crippen LogP contribution in [-0.2, 0) is 14.3 Å². The van der Waals surface area contributed by atoms with Crippen LogP contribution in [0.5, 0.6) is 0 Å². The Labute approximate surface area is 380 Å². The quantitative estimate of drug-likeness (QED) is 0.0322. The molecule has 0 aromatic carbocycles. The monoisotopic (exact) mass is 860 g/mol. The van der Waals surface area contributed by atoms with Gasteiger partial charge in [-0.3, -0.25) is 9.59 Å². The first-order valence-corrected chi connectivity index (χ1v) is 27.1. The number of esters is 1. The summed E-state index contributed by atoms with van der Waals surface area (Å²) in [6.45, 7) is 4.87. The Morgan fingerprint density at radius 3 is 1.16 bits per heavy atom. The lowest BCUT2D eigenvalue weighted by Gasteiger charge is -2.22. The second-order valence-corrected chi connectivity index (χ2v) is 18.6. The predicted octanol–water partition coefficient (Wildman–Crippen LogP) is 16.3. The van der Waals surface area contributed by atoms with Crippen molar-refractivity contribution >= 4 is 11.9 Å². The van der Waals surface area contributed by atoms with Crippen LogP contribution in [0.3, 0.4) is 0 Å². The van der Waals surface area contributed by atoms with Gasteiger partial charge in [0, 0.05) is 12.8 Å². The van der Waals surface area contributed by atoms with Gasteiger partial charge in [0.2, 0.25) is 5.91 Å². The summed E-state index contributed by atoms with van der Waals surface area (Å²) in [6, 6.07) is -0.567. The molecule has 0 saturated heterocycles. The molecular formula is C55H105NO5. The van der Waals surface area contributed by atoms with Crippen molar-refractivity contribution < 1.29 is 24.5 Å². The molecule has 0 heterocycles. The number of carbonyl (C=O) groups is 2. The van der Waals surface area contributed by atoms with E-state index in [1.807, 2.05) is 0 Å². The second kappa shape index (κ2) is 51.0. The van der Waals surface area contributed by atoms with E-state index in [0.717, 1.165) is 77.0 Å². The number of hydrogen-bond acceptors (Lipinski definition) is 5. The molecule has 0 rings (SSSR count). The Kier molecular flexibility index (Phi) is 49.6. The Morgan fingerprint density at radius 2 is 0.770 bits per heavy atom. The van der Waals surface area contributed by atoms with Gasteiger partial charge >= 0.3 is 5.97 Å². The van der Waals surface area contributed by atoms with Crippen LogP contribution >= 0.6 is 0 Å². The van der Waals surface area contributed by atoms with E-state index in [9.17, 15) is 19.8 Å². The van der Waals surface area contributed by atoms with Crippen molar-refractivity contribution in [3.05, 3.63) is 24.3 Å². The Bertz CT molecular complexity index is 951. The van der Waals surface area contributed by atoms with Gasteiger partial charge in [0.25, 0.3) is 0 Å². The van der Waals surface area contributed by atoms with Crippen LogP contribution < -0.4 is 5.32 Å². The highest BCUT2D eigenvalue weighted by atomic mass is 16.5. The topological polar surface area (TPSA) is 95.9 Å². The van der Waals surface area contributed by atoms with Gasteiger partial charge in [-0.05, 0) is 77.0 Å². The molecule has 3 N–H and O–H groups in total. The predicted molar refractivity (Wildman–Crippen MR) is 264 cm³/mol. The van der Waals surface area contributed by atoms with Gasteiger partial charge < -0.3 is 20.3 Å². The van der Waals surface area contributed by atoms with Crippen molar-refractivity contribution in [1.29, 1.82) is 0 Å². The van der Waals surface area contributed by atoms with E-state index >= 15 is 0 Å². The first kappa shape index (κ1) is 59.3. The maximum atomic E-state index is 12.5. The van der Waals surface area contributed by atoms with Crippen LogP contribution in [0.2, 0.25) is 0 Å². The number of ether oxygens (including phenoxy) is 1. The second-order valence-electron chi connectivity index (χ2n) is 18.6. The highest BCUT2D eigenvalue weighted by Gasteiger charge is 2.20. The van der Waals surface area contributed by atoms with Crippen LogP contribution in [0.15, 0.2) is 24.3 Å². The summed E-state index contributed by atoms with van der Waals surface area (Å²) < 4.78 is 5.44. The van der Waals surface area contributed by atoms with E-state index in [1.54, 1.807) is 0 Å². The van der Waals surface area contributed by atoms with Crippen molar-refractivity contribution in [3.63, 3.8) is 0 Å².